The van der Waals surface area contributed by atoms with Crippen molar-refractivity contribution in [2.45, 2.75) is 19.6 Å². The highest BCUT2D eigenvalue weighted by Crippen LogP contribution is 2.19. The van der Waals surface area contributed by atoms with E-state index < -0.39 is 6.10 Å². The fourth-order valence-electron chi connectivity index (χ4n) is 2.44. The van der Waals surface area contributed by atoms with E-state index in [-0.39, 0.29) is 6.61 Å². The van der Waals surface area contributed by atoms with E-state index in [1.54, 1.807) is 0 Å². The first-order valence-electron chi connectivity index (χ1n) is 7.12. The minimum atomic E-state index is -0.602. The third kappa shape index (κ3) is 3.31. The number of para-hydroxylation sites is 2. The molecule has 22 heavy (non-hydrogen) atoms. The number of aliphatic hydroxyl groups is 1. The van der Waals surface area contributed by atoms with E-state index in [4.69, 9.17) is 4.74 Å². The first-order valence-corrected chi connectivity index (χ1v) is 7.91. The monoisotopic (exact) mass is 360 g/mol. The molecule has 0 radical (unpaired) electrons. The molecule has 0 aliphatic heterocycles. The van der Waals surface area contributed by atoms with Gasteiger partial charge in [0, 0.05) is 4.47 Å². The number of aryl methyl sites for hydroxylation is 1. The number of benzene rings is 2. The number of aliphatic hydroxyl groups excluding tert-OH is 1. The lowest BCUT2D eigenvalue weighted by Gasteiger charge is -2.15. The molecule has 3 rings (SSSR count). The van der Waals surface area contributed by atoms with Crippen LogP contribution in [0.25, 0.3) is 11.0 Å². The summed E-state index contributed by atoms with van der Waals surface area (Å²) >= 11 is 3.40. The first kappa shape index (κ1) is 15.1. The zero-order valence-electron chi connectivity index (χ0n) is 12.2. The van der Waals surface area contributed by atoms with Crippen LogP contribution >= 0.6 is 15.9 Å². The average molecular weight is 361 g/mol. The molecule has 0 saturated carbocycles. The zero-order chi connectivity index (χ0) is 15.5. The van der Waals surface area contributed by atoms with Gasteiger partial charge in [-0.15, -0.1) is 0 Å². The SMILES string of the molecule is Cc1nc2ccccc2n1C[C@H](O)COc1cccc(Br)c1. The van der Waals surface area contributed by atoms with E-state index in [0.717, 1.165) is 27.1 Å². The van der Waals surface area contributed by atoms with Gasteiger partial charge in [-0.1, -0.05) is 34.1 Å². The summed E-state index contributed by atoms with van der Waals surface area (Å²) in [5, 5.41) is 10.3. The summed E-state index contributed by atoms with van der Waals surface area (Å²) in [5.74, 6) is 1.63. The summed E-state index contributed by atoms with van der Waals surface area (Å²) in [7, 11) is 0. The molecule has 1 N–H and O–H groups in total. The second kappa shape index (κ2) is 6.50. The van der Waals surface area contributed by atoms with Crippen LogP contribution in [-0.4, -0.2) is 27.4 Å². The topological polar surface area (TPSA) is 47.3 Å². The minimum Gasteiger partial charge on any atom is -0.491 e. The van der Waals surface area contributed by atoms with Gasteiger partial charge in [-0.2, -0.15) is 0 Å². The molecule has 0 spiro atoms. The van der Waals surface area contributed by atoms with E-state index >= 15 is 0 Å². The molecular weight excluding hydrogens is 344 g/mol. The van der Waals surface area contributed by atoms with Crippen molar-refractivity contribution >= 4 is 27.0 Å². The molecule has 5 heteroatoms. The lowest BCUT2D eigenvalue weighted by Crippen LogP contribution is -2.24. The van der Waals surface area contributed by atoms with Crippen molar-refractivity contribution in [1.82, 2.24) is 9.55 Å². The number of hydrogen-bond donors (Lipinski definition) is 1. The molecule has 1 atom stereocenters. The Hall–Kier alpha value is -1.85. The number of halogens is 1. The number of nitrogens with zero attached hydrogens (tertiary/aromatic N) is 2. The smallest absolute Gasteiger partial charge is 0.120 e. The van der Waals surface area contributed by atoms with Crippen LogP contribution in [0.5, 0.6) is 5.75 Å². The van der Waals surface area contributed by atoms with Crippen molar-refractivity contribution < 1.29 is 9.84 Å². The summed E-state index contributed by atoms with van der Waals surface area (Å²) < 4.78 is 8.61. The normalized spacial score (nSPS) is 12.5. The van der Waals surface area contributed by atoms with Gasteiger partial charge in [0.05, 0.1) is 17.6 Å². The Bertz CT molecular complexity index is 785. The van der Waals surface area contributed by atoms with Crippen LogP contribution < -0.4 is 4.74 Å². The van der Waals surface area contributed by atoms with Crippen LogP contribution in [0.4, 0.5) is 0 Å². The van der Waals surface area contributed by atoms with E-state index in [1.165, 1.54) is 0 Å². The van der Waals surface area contributed by atoms with Crippen molar-refractivity contribution in [3.8, 4) is 5.75 Å². The molecule has 2 aromatic carbocycles. The van der Waals surface area contributed by atoms with Gasteiger partial charge in [0.2, 0.25) is 0 Å². The summed E-state index contributed by atoms with van der Waals surface area (Å²) in [5.41, 5.74) is 1.97. The minimum absolute atomic E-state index is 0.238. The van der Waals surface area contributed by atoms with Gasteiger partial charge in [0.15, 0.2) is 0 Å². The number of ether oxygens (including phenoxy) is 1. The van der Waals surface area contributed by atoms with E-state index in [0.29, 0.717) is 6.54 Å². The predicted molar refractivity (Wildman–Crippen MR) is 90.1 cm³/mol. The second-order valence-electron chi connectivity index (χ2n) is 5.18. The second-order valence-corrected chi connectivity index (χ2v) is 6.10. The maximum absolute atomic E-state index is 10.3. The zero-order valence-corrected chi connectivity index (χ0v) is 13.8. The van der Waals surface area contributed by atoms with Crippen LogP contribution in [0, 0.1) is 6.92 Å². The number of aromatic nitrogens is 2. The average Bonchev–Trinajstić information content (AvgIpc) is 2.81. The molecule has 114 valence electrons. The maximum Gasteiger partial charge on any atom is 0.120 e. The molecule has 0 aliphatic rings. The molecule has 0 bridgehead atoms. The number of fused-ring (bicyclic) bond motifs is 1. The lowest BCUT2D eigenvalue weighted by molar-refractivity contribution is 0.0929. The van der Waals surface area contributed by atoms with Crippen LogP contribution in [0.1, 0.15) is 5.82 Å². The standard InChI is InChI=1S/C17H17BrN2O2/c1-12-19-16-7-2-3-8-17(16)20(12)10-14(21)11-22-15-6-4-5-13(18)9-15/h2-9,14,21H,10-11H2,1H3/t14-/m0/s1. The quantitative estimate of drug-likeness (QED) is 0.756. The fraction of sp³-hybridized carbons (Fsp3) is 0.235. The third-order valence-corrected chi connectivity index (χ3v) is 3.97. The summed E-state index contributed by atoms with van der Waals surface area (Å²) in [6, 6.07) is 15.5. The van der Waals surface area contributed by atoms with Gasteiger partial charge in [0.25, 0.3) is 0 Å². The molecular formula is C17H17BrN2O2. The summed E-state index contributed by atoms with van der Waals surface area (Å²) in [6.07, 6.45) is -0.602. The molecule has 0 aliphatic carbocycles. The Labute approximate surface area is 137 Å². The Morgan fingerprint density at radius 3 is 2.86 bits per heavy atom. The number of imidazole rings is 1. The number of hydrogen-bond acceptors (Lipinski definition) is 3. The van der Waals surface area contributed by atoms with E-state index in [1.807, 2.05) is 60.0 Å². The van der Waals surface area contributed by atoms with E-state index in [9.17, 15) is 5.11 Å². The highest BCUT2D eigenvalue weighted by Gasteiger charge is 2.12. The highest BCUT2D eigenvalue weighted by atomic mass is 79.9. The predicted octanol–water partition coefficient (Wildman–Crippen LogP) is 3.55. The van der Waals surface area contributed by atoms with Crippen molar-refractivity contribution in [2.75, 3.05) is 6.61 Å². The Balaban J connectivity index is 1.68. The lowest BCUT2D eigenvalue weighted by atomic mass is 10.3. The molecule has 0 amide bonds. The molecule has 0 saturated heterocycles. The summed E-state index contributed by atoms with van der Waals surface area (Å²) in [6.45, 7) is 2.64. The van der Waals surface area contributed by atoms with Crippen LogP contribution in [-0.2, 0) is 6.54 Å². The third-order valence-electron chi connectivity index (χ3n) is 3.48. The fourth-order valence-corrected chi connectivity index (χ4v) is 2.82. The highest BCUT2D eigenvalue weighted by molar-refractivity contribution is 9.10. The molecule has 0 unspecified atom stereocenters. The van der Waals surface area contributed by atoms with Crippen LogP contribution in [0.3, 0.4) is 0 Å². The Morgan fingerprint density at radius 2 is 2.05 bits per heavy atom. The van der Waals surface area contributed by atoms with Crippen molar-refractivity contribution in [1.29, 1.82) is 0 Å². The summed E-state index contributed by atoms with van der Waals surface area (Å²) in [4.78, 5) is 4.50. The van der Waals surface area contributed by atoms with E-state index in [2.05, 4.69) is 20.9 Å². The maximum atomic E-state index is 10.3. The van der Waals surface area contributed by atoms with Crippen molar-refractivity contribution in [3.63, 3.8) is 0 Å². The molecule has 0 fully saturated rings. The molecule has 4 nitrogen and oxygen atoms in total. The Morgan fingerprint density at radius 1 is 1.23 bits per heavy atom. The first-order chi connectivity index (χ1) is 10.6. The van der Waals surface area contributed by atoms with Gasteiger partial charge in [-0.05, 0) is 37.3 Å². The van der Waals surface area contributed by atoms with Crippen LogP contribution in [0.15, 0.2) is 53.0 Å². The Kier molecular flexibility index (Phi) is 4.45. The van der Waals surface area contributed by atoms with Gasteiger partial charge >= 0.3 is 0 Å². The van der Waals surface area contributed by atoms with Gasteiger partial charge in [-0.25, -0.2) is 4.98 Å². The van der Waals surface area contributed by atoms with Crippen molar-refractivity contribution in [2.24, 2.45) is 0 Å². The molecule has 1 heterocycles. The van der Waals surface area contributed by atoms with Crippen LogP contribution in [0.2, 0.25) is 0 Å². The van der Waals surface area contributed by atoms with Gasteiger partial charge in [0.1, 0.15) is 24.3 Å². The van der Waals surface area contributed by atoms with Gasteiger partial charge < -0.3 is 14.4 Å². The van der Waals surface area contributed by atoms with Gasteiger partial charge in [-0.3, -0.25) is 0 Å². The number of rotatable bonds is 5. The van der Waals surface area contributed by atoms with Crippen molar-refractivity contribution in [3.05, 3.63) is 58.8 Å². The largest absolute Gasteiger partial charge is 0.491 e. The molecule has 3 aromatic rings. The molecule has 1 aromatic heterocycles.